The van der Waals surface area contributed by atoms with E-state index in [1.165, 1.54) is 6.07 Å². The molecule has 0 saturated carbocycles. The first-order valence-corrected chi connectivity index (χ1v) is 6.90. The average Bonchev–Trinajstić information content (AvgIpc) is 2.35. The van der Waals surface area contributed by atoms with E-state index in [9.17, 15) is 9.50 Å². The van der Waals surface area contributed by atoms with E-state index in [-0.39, 0.29) is 11.4 Å². The van der Waals surface area contributed by atoms with E-state index >= 15 is 0 Å². The monoisotopic (exact) mass is 376 g/mol. The molecule has 0 aliphatic rings. The number of benzene rings is 2. The Morgan fingerprint density at radius 2 is 1.94 bits per heavy atom. The molecule has 2 aromatic carbocycles. The Morgan fingerprint density at radius 3 is 2.67 bits per heavy atom. The zero-order valence-corrected chi connectivity index (χ0v) is 12.3. The van der Waals surface area contributed by atoms with Gasteiger partial charge in [0.15, 0.2) is 0 Å². The lowest BCUT2D eigenvalue weighted by Crippen LogP contribution is -2.04. The van der Waals surface area contributed by atoms with Gasteiger partial charge in [-0.1, -0.05) is 35.9 Å². The minimum Gasteiger partial charge on any atom is -0.388 e. The van der Waals surface area contributed by atoms with Crippen molar-refractivity contribution >= 4 is 34.2 Å². The molecule has 1 N–H and O–H groups in total. The van der Waals surface area contributed by atoms with Gasteiger partial charge in [0, 0.05) is 9.99 Å². The molecule has 0 fully saturated rings. The molecule has 0 amide bonds. The molecular weight excluding hydrogens is 366 g/mol. The minimum absolute atomic E-state index is 0.0855. The molecule has 0 bridgehead atoms. The van der Waals surface area contributed by atoms with Crippen molar-refractivity contribution in [3.63, 3.8) is 0 Å². The summed E-state index contributed by atoms with van der Waals surface area (Å²) in [6.45, 7) is 0. The molecule has 4 heteroatoms. The van der Waals surface area contributed by atoms with Crippen molar-refractivity contribution in [3.8, 4) is 0 Å². The van der Waals surface area contributed by atoms with Crippen molar-refractivity contribution in [2.45, 2.75) is 12.5 Å². The van der Waals surface area contributed by atoms with Crippen molar-refractivity contribution in [1.82, 2.24) is 0 Å². The second kappa shape index (κ2) is 5.99. The van der Waals surface area contributed by atoms with Crippen LogP contribution in [-0.2, 0) is 6.42 Å². The fraction of sp³-hybridized carbons (Fsp3) is 0.143. The number of hydrogen-bond donors (Lipinski definition) is 1. The molecule has 1 atom stereocenters. The highest BCUT2D eigenvalue weighted by atomic mass is 127. The maximum Gasteiger partial charge on any atom is 0.145 e. The van der Waals surface area contributed by atoms with Gasteiger partial charge in [0.05, 0.1) is 11.1 Å². The summed E-state index contributed by atoms with van der Waals surface area (Å²) in [5.74, 6) is -0.455. The highest BCUT2D eigenvalue weighted by molar-refractivity contribution is 14.1. The van der Waals surface area contributed by atoms with Crippen LogP contribution in [0.4, 0.5) is 4.39 Å². The molecule has 0 spiro atoms. The van der Waals surface area contributed by atoms with Gasteiger partial charge < -0.3 is 5.11 Å². The molecule has 1 nitrogen and oxygen atoms in total. The first-order chi connectivity index (χ1) is 8.58. The Morgan fingerprint density at radius 1 is 1.22 bits per heavy atom. The first-order valence-electron chi connectivity index (χ1n) is 5.44. The smallest absolute Gasteiger partial charge is 0.145 e. The molecule has 0 aliphatic carbocycles. The average molecular weight is 377 g/mol. The maximum atomic E-state index is 13.7. The highest BCUT2D eigenvalue weighted by Crippen LogP contribution is 2.24. The van der Waals surface area contributed by atoms with Gasteiger partial charge in [0.25, 0.3) is 0 Å². The normalized spacial score (nSPS) is 12.4. The zero-order valence-electron chi connectivity index (χ0n) is 9.41. The van der Waals surface area contributed by atoms with Crippen LogP contribution in [0.25, 0.3) is 0 Å². The Balaban J connectivity index is 2.21. The summed E-state index contributed by atoms with van der Waals surface area (Å²) in [6, 6.07) is 12.3. The van der Waals surface area contributed by atoms with Crippen LogP contribution >= 0.6 is 34.2 Å². The van der Waals surface area contributed by atoms with Gasteiger partial charge in [-0.05, 0) is 51.9 Å². The predicted molar refractivity (Wildman–Crippen MR) is 79.2 cm³/mol. The minimum atomic E-state index is -0.729. The zero-order chi connectivity index (χ0) is 13.1. The van der Waals surface area contributed by atoms with E-state index in [2.05, 4.69) is 22.6 Å². The topological polar surface area (TPSA) is 20.2 Å². The summed E-state index contributed by atoms with van der Waals surface area (Å²) >= 11 is 7.89. The third-order valence-corrected chi connectivity index (χ3v) is 3.64. The van der Waals surface area contributed by atoms with Crippen LogP contribution in [0.3, 0.4) is 0 Å². The van der Waals surface area contributed by atoms with Gasteiger partial charge in [-0.15, -0.1) is 0 Å². The summed E-state index contributed by atoms with van der Waals surface area (Å²) < 4.78 is 14.8. The van der Waals surface area contributed by atoms with E-state index in [0.717, 1.165) is 9.13 Å². The molecule has 18 heavy (non-hydrogen) atoms. The molecule has 0 radical (unpaired) electrons. The molecule has 94 valence electrons. The van der Waals surface area contributed by atoms with Gasteiger partial charge in [-0.3, -0.25) is 0 Å². The van der Waals surface area contributed by atoms with Crippen LogP contribution in [0.1, 0.15) is 17.2 Å². The van der Waals surface area contributed by atoms with E-state index in [4.69, 9.17) is 11.6 Å². The summed E-state index contributed by atoms with van der Waals surface area (Å²) in [4.78, 5) is 0. The number of aliphatic hydroxyl groups excluding tert-OH is 1. The van der Waals surface area contributed by atoms with Crippen molar-refractivity contribution in [2.75, 3.05) is 0 Å². The van der Waals surface area contributed by atoms with Crippen LogP contribution in [0.15, 0.2) is 42.5 Å². The molecule has 2 rings (SSSR count). The summed E-state index contributed by atoms with van der Waals surface area (Å²) in [5, 5.41) is 10.2. The van der Waals surface area contributed by atoms with Gasteiger partial charge in [-0.2, -0.15) is 0 Å². The largest absolute Gasteiger partial charge is 0.388 e. The lowest BCUT2D eigenvalue weighted by molar-refractivity contribution is 0.177. The van der Waals surface area contributed by atoms with Crippen molar-refractivity contribution in [1.29, 1.82) is 0 Å². The Labute approximate surface area is 124 Å². The fourth-order valence-corrected chi connectivity index (χ4v) is 2.51. The van der Waals surface area contributed by atoms with Gasteiger partial charge in [0.2, 0.25) is 0 Å². The first kappa shape index (κ1) is 13.8. The molecule has 0 saturated heterocycles. The Kier molecular flexibility index (Phi) is 4.59. The summed E-state index contributed by atoms with van der Waals surface area (Å²) in [7, 11) is 0. The van der Waals surface area contributed by atoms with E-state index < -0.39 is 11.9 Å². The molecule has 0 heterocycles. The van der Waals surface area contributed by atoms with Crippen LogP contribution < -0.4 is 0 Å². The molecule has 0 aliphatic heterocycles. The molecule has 1 unspecified atom stereocenters. The van der Waals surface area contributed by atoms with E-state index in [0.29, 0.717) is 5.56 Å². The number of aliphatic hydroxyl groups is 1. The summed E-state index contributed by atoms with van der Waals surface area (Å²) in [5.41, 5.74) is 1.20. The number of halogens is 3. The molecular formula is C14H11ClFIO. The number of hydrogen-bond acceptors (Lipinski definition) is 1. The SMILES string of the molecule is OC(Cc1cccc(Cl)c1F)c1cccc(I)c1. The Bertz CT molecular complexity index is 559. The lowest BCUT2D eigenvalue weighted by Gasteiger charge is -2.12. The molecule has 0 aromatic heterocycles. The van der Waals surface area contributed by atoms with Crippen LogP contribution in [0, 0.1) is 9.39 Å². The summed E-state index contributed by atoms with van der Waals surface area (Å²) in [6.07, 6.45) is -0.514. The highest BCUT2D eigenvalue weighted by Gasteiger charge is 2.13. The standard InChI is InChI=1S/C14H11ClFIO/c15-12-6-2-4-10(14(12)16)8-13(18)9-3-1-5-11(17)7-9/h1-7,13,18H,8H2. The lowest BCUT2D eigenvalue weighted by atomic mass is 10.0. The van der Waals surface area contributed by atoms with Crippen LogP contribution in [0.2, 0.25) is 5.02 Å². The second-order valence-corrected chi connectivity index (χ2v) is 5.64. The third kappa shape index (κ3) is 3.22. The number of rotatable bonds is 3. The molecule has 2 aromatic rings. The van der Waals surface area contributed by atoms with Gasteiger partial charge in [0.1, 0.15) is 5.82 Å². The van der Waals surface area contributed by atoms with Crippen LogP contribution in [0.5, 0.6) is 0 Å². The fourth-order valence-electron chi connectivity index (χ4n) is 1.75. The Hall–Kier alpha value is -0.650. The van der Waals surface area contributed by atoms with Gasteiger partial charge in [-0.25, -0.2) is 4.39 Å². The quantitative estimate of drug-likeness (QED) is 0.789. The van der Waals surface area contributed by atoms with E-state index in [1.54, 1.807) is 12.1 Å². The van der Waals surface area contributed by atoms with Gasteiger partial charge >= 0.3 is 0 Å². The van der Waals surface area contributed by atoms with Crippen molar-refractivity contribution < 1.29 is 9.50 Å². The van der Waals surface area contributed by atoms with E-state index in [1.807, 2.05) is 24.3 Å². The second-order valence-electron chi connectivity index (χ2n) is 3.99. The van der Waals surface area contributed by atoms with Crippen molar-refractivity contribution in [2.24, 2.45) is 0 Å². The maximum absolute atomic E-state index is 13.7. The van der Waals surface area contributed by atoms with Crippen LogP contribution in [-0.4, -0.2) is 5.11 Å². The third-order valence-electron chi connectivity index (χ3n) is 2.68. The predicted octanol–water partition coefficient (Wildman–Crippen LogP) is 4.36. The van der Waals surface area contributed by atoms with Crippen molar-refractivity contribution in [3.05, 3.63) is 68.0 Å².